The highest BCUT2D eigenvalue weighted by atomic mass is 32.1. The Hall–Kier alpha value is -2.23. The minimum atomic E-state index is 0.168. The fraction of sp³-hybridized carbons (Fsp3) is 0.625. The van der Waals surface area contributed by atoms with E-state index in [1.165, 1.54) is 9.58 Å². The van der Waals surface area contributed by atoms with E-state index in [1.54, 1.807) is 14.0 Å². The summed E-state index contributed by atoms with van der Waals surface area (Å²) < 4.78 is 14.5. The topological polar surface area (TPSA) is 95.5 Å². The first-order valence-corrected chi connectivity index (χ1v) is 12.8. The van der Waals surface area contributed by atoms with E-state index < -0.39 is 0 Å². The normalized spacial score (nSPS) is 18.5. The number of pyridine rings is 1. The molecule has 3 aromatic rings. The first-order valence-electron chi connectivity index (χ1n) is 12.0. The Morgan fingerprint density at radius 3 is 2.70 bits per heavy atom. The maximum absolute atomic E-state index is 11.7. The molecule has 2 fully saturated rings. The Morgan fingerprint density at radius 1 is 1.24 bits per heavy atom. The molecule has 0 unspecified atom stereocenters. The molecular formula is C24H33N5O3S. The lowest BCUT2D eigenvalue weighted by molar-refractivity contribution is -0.129. The molecule has 0 bridgehead atoms. The molecule has 2 saturated heterocycles. The number of thiophene rings is 1. The SMILES string of the molecule is COCCc1nc2c(N)nc3cc(C4CCN(C(C)=O)CC4)sc3c2n1CC1CCOCC1. The number of amides is 1. The Kier molecular flexibility index (Phi) is 6.53. The molecule has 2 aliphatic rings. The van der Waals surface area contributed by atoms with Crippen molar-refractivity contribution < 1.29 is 14.3 Å². The average Bonchev–Trinajstić information content (AvgIpc) is 3.40. The third-order valence-corrected chi connectivity index (χ3v) is 8.42. The van der Waals surface area contributed by atoms with Crippen molar-refractivity contribution in [1.29, 1.82) is 0 Å². The van der Waals surface area contributed by atoms with Gasteiger partial charge in [-0.3, -0.25) is 4.79 Å². The molecule has 8 nitrogen and oxygen atoms in total. The Bertz CT molecular complexity index is 1140. The van der Waals surface area contributed by atoms with Crippen molar-refractivity contribution in [2.45, 2.75) is 51.5 Å². The van der Waals surface area contributed by atoms with Crippen LogP contribution in [-0.4, -0.2) is 65.4 Å². The number of aromatic nitrogens is 3. The molecule has 0 atom stereocenters. The third kappa shape index (κ3) is 4.46. The number of hydrogen-bond donors (Lipinski definition) is 1. The first kappa shape index (κ1) is 22.6. The number of hydrogen-bond acceptors (Lipinski definition) is 7. The van der Waals surface area contributed by atoms with Crippen molar-refractivity contribution in [3.05, 3.63) is 16.8 Å². The molecule has 1 amide bonds. The summed E-state index contributed by atoms with van der Waals surface area (Å²) >= 11 is 1.83. The minimum Gasteiger partial charge on any atom is -0.384 e. The van der Waals surface area contributed by atoms with Gasteiger partial charge in [0.25, 0.3) is 0 Å². The van der Waals surface area contributed by atoms with Gasteiger partial charge in [-0.1, -0.05) is 0 Å². The minimum absolute atomic E-state index is 0.168. The number of likely N-dealkylation sites (tertiary alicyclic amines) is 1. The van der Waals surface area contributed by atoms with Crippen LogP contribution in [0, 0.1) is 5.92 Å². The molecule has 178 valence electrons. The largest absolute Gasteiger partial charge is 0.384 e. The van der Waals surface area contributed by atoms with Gasteiger partial charge in [0.05, 0.1) is 22.3 Å². The number of fused-ring (bicyclic) bond motifs is 3. The second-order valence-electron chi connectivity index (χ2n) is 9.27. The molecule has 5 rings (SSSR count). The lowest BCUT2D eigenvalue weighted by atomic mass is 9.95. The predicted octanol–water partition coefficient (Wildman–Crippen LogP) is 3.57. The van der Waals surface area contributed by atoms with Gasteiger partial charge >= 0.3 is 0 Å². The fourth-order valence-corrected chi connectivity index (χ4v) is 6.51. The molecular weight excluding hydrogens is 438 g/mol. The van der Waals surface area contributed by atoms with Crippen molar-refractivity contribution in [1.82, 2.24) is 19.4 Å². The molecule has 3 aromatic heterocycles. The number of methoxy groups -OCH3 is 1. The summed E-state index contributed by atoms with van der Waals surface area (Å²) in [5.41, 5.74) is 9.31. The van der Waals surface area contributed by atoms with Crippen LogP contribution in [0.15, 0.2) is 6.07 Å². The lowest BCUT2D eigenvalue weighted by Gasteiger charge is -2.30. The zero-order valence-corrected chi connectivity index (χ0v) is 20.3. The summed E-state index contributed by atoms with van der Waals surface area (Å²) in [6, 6.07) is 2.21. The molecule has 0 aromatic carbocycles. The zero-order chi connectivity index (χ0) is 22.9. The predicted molar refractivity (Wildman–Crippen MR) is 131 cm³/mol. The van der Waals surface area contributed by atoms with Crippen molar-refractivity contribution >= 4 is 44.3 Å². The van der Waals surface area contributed by atoms with E-state index in [1.807, 2.05) is 16.2 Å². The van der Waals surface area contributed by atoms with Crippen LogP contribution in [0.25, 0.3) is 21.3 Å². The number of carbonyl (C=O) groups excluding carboxylic acids is 1. The Labute approximate surface area is 198 Å². The molecule has 0 spiro atoms. The zero-order valence-electron chi connectivity index (χ0n) is 19.5. The number of rotatable bonds is 6. The van der Waals surface area contributed by atoms with E-state index in [2.05, 4.69) is 10.6 Å². The van der Waals surface area contributed by atoms with Gasteiger partial charge in [0.1, 0.15) is 11.3 Å². The molecule has 0 radical (unpaired) electrons. The highest BCUT2D eigenvalue weighted by molar-refractivity contribution is 7.20. The maximum atomic E-state index is 11.7. The molecule has 2 aliphatic heterocycles. The number of piperidine rings is 1. The molecule has 2 N–H and O–H groups in total. The smallest absolute Gasteiger partial charge is 0.219 e. The molecule has 5 heterocycles. The molecule has 0 aliphatic carbocycles. The van der Waals surface area contributed by atoms with E-state index in [0.29, 0.717) is 24.3 Å². The van der Waals surface area contributed by atoms with Crippen molar-refractivity contribution in [2.75, 3.05) is 45.8 Å². The van der Waals surface area contributed by atoms with Gasteiger partial charge in [-0.25, -0.2) is 9.97 Å². The van der Waals surface area contributed by atoms with E-state index in [4.69, 9.17) is 25.2 Å². The van der Waals surface area contributed by atoms with Crippen LogP contribution < -0.4 is 5.73 Å². The quantitative estimate of drug-likeness (QED) is 0.591. The second-order valence-corrected chi connectivity index (χ2v) is 10.4. The van der Waals surface area contributed by atoms with Crippen LogP contribution in [0.1, 0.15) is 49.2 Å². The van der Waals surface area contributed by atoms with Crippen molar-refractivity contribution in [2.24, 2.45) is 5.92 Å². The van der Waals surface area contributed by atoms with Gasteiger partial charge in [0, 0.05) is 58.2 Å². The Morgan fingerprint density at radius 2 is 2.00 bits per heavy atom. The standard InChI is InChI=1S/C24H33N5O3S/c1-15(30)28-8-3-17(4-9-28)19-13-18-23(33-19)22-21(24(25)26-18)27-20(7-10-31-2)29(22)14-16-5-11-32-12-6-16/h13,16-17H,3-12,14H2,1-2H3,(H2,25,26). The maximum Gasteiger partial charge on any atom is 0.219 e. The molecule has 33 heavy (non-hydrogen) atoms. The number of nitrogens with two attached hydrogens (primary N) is 1. The molecule has 0 saturated carbocycles. The van der Waals surface area contributed by atoms with E-state index in [-0.39, 0.29) is 5.91 Å². The van der Waals surface area contributed by atoms with Gasteiger partial charge in [-0.05, 0) is 43.6 Å². The van der Waals surface area contributed by atoms with Crippen molar-refractivity contribution in [3.63, 3.8) is 0 Å². The number of nitrogen functional groups attached to an aromatic ring is 1. The third-order valence-electron chi connectivity index (χ3n) is 7.13. The summed E-state index contributed by atoms with van der Waals surface area (Å²) in [5, 5.41) is 0. The summed E-state index contributed by atoms with van der Waals surface area (Å²) in [7, 11) is 1.72. The second kappa shape index (κ2) is 9.56. The van der Waals surface area contributed by atoms with Crippen LogP contribution in [0.2, 0.25) is 0 Å². The number of anilines is 1. The van der Waals surface area contributed by atoms with Gasteiger partial charge in [0.2, 0.25) is 5.91 Å². The van der Waals surface area contributed by atoms with Crippen LogP contribution in [0.4, 0.5) is 5.82 Å². The number of carbonyl (C=O) groups is 1. The van der Waals surface area contributed by atoms with E-state index in [0.717, 1.165) is 87.3 Å². The number of imidazole rings is 1. The Balaban J connectivity index is 1.55. The monoisotopic (exact) mass is 471 g/mol. The van der Waals surface area contributed by atoms with Crippen molar-refractivity contribution in [3.8, 4) is 0 Å². The number of ether oxygens (including phenoxy) is 2. The van der Waals surface area contributed by atoms with Crippen LogP contribution in [0.5, 0.6) is 0 Å². The summed E-state index contributed by atoms with van der Waals surface area (Å²) in [6.45, 7) is 6.49. The van der Waals surface area contributed by atoms with E-state index in [9.17, 15) is 4.79 Å². The highest BCUT2D eigenvalue weighted by Gasteiger charge is 2.26. The van der Waals surface area contributed by atoms with Gasteiger partial charge in [-0.2, -0.15) is 0 Å². The highest BCUT2D eigenvalue weighted by Crippen LogP contribution is 2.40. The first-order chi connectivity index (χ1) is 16.0. The van der Waals surface area contributed by atoms with Crippen LogP contribution in [0.3, 0.4) is 0 Å². The summed E-state index contributed by atoms with van der Waals surface area (Å²) in [6.07, 6.45) is 4.86. The number of nitrogens with zero attached hydrogens (tertiary/aromatic N) is 4. The van der Waals surface area contributed by atoms with Gasteiger partial charge in [-0.15, -0.1) is 11.3 Å². The lowest BCUT2D eigenvalue weighted by Crippen LogP contribution is -2.36. The van der Waals surface area contributed by atoms with E-state index >= 15 is 0 Å². The van der Waals surface area contributed by atoms with Gasteiger partial charge < -0.3 is 24.7 Å². The fourth-order valence-electron chi connectivity index (χ4n) is 5.19. The van der Waals surface area contributed by atoms with Crippen LogP contribution in [-0.2, 0) is 27.2 Å². The average molecular weight is 472 g/mol. The summed E-state index contributed by atoms with van der Waals surface area (Å²) in [4.78, 5) is 24.7. The van der Waals surface area contributed by atoms with Crippen LogP contribution >= 0.6 is 11.3 Å². The molecule has 9 heteroatoms. The summed E-state index contributed by atoms with van der Waals surface area (Å²) in [5.74, 6) is 2.70. The van der Waals surface area contributed by atoms with Gasteiger partial charge in [0.15, 0.2) is 5.82 Å².